The van der Waals surface area contributed by atoms with Crippen LogP contribution in [0.4, 0.5) is 0 Å². The molecule has 0 aliphatic carbocycles. The summed E-state index contributed by atoms with van der Waals surface area (Å²) in [4.78, 5) is 0. The van der Waals surface area contributed by atoms with Gasteiger partial charge in [0.2, 0.25) is 0 Å². The van der Waals surface area contributed by atoms with Crippen LogP contribution < -0.4 is 0 Å². The number of fused-ring (bicyclic) bond motifs is 10. The van der Waals surface area contributed by atoms with Crippen LogP contribution in [0, 0.1) is 0 Å². The molecular weight excluding hydrogens is 488 g/mol. The van der Waals surface area contributed by atoms with Crippen molar-refractivity contribution in [3.05, 3.63) is 96.6 Å². The van der Waals surface area contributed by atoms with Gasteiger partial charge in [0.15, 0.2) is 11.2 Å². The van der Waals surface area contributed by atoms with Gasteiger partial charge in [-0.3, -0.25) is 0 Å². The molecule has 0 radical (unpaired) electrons. The van der Waals surface area contributed by atoms with Crippen molar-refractivity contribution in [2.45, 2.75) is 51.9 Å². The van der Waals surface area contributed by atoms with E-state index in [0.717, 1.165) is 50.3 Å². The molecule has 0 atom stereocenters. The zero-order chi connectivity index (χ0) is 26.6. The molecule has 0 unspecified atom stereocenters. The minimum atomic E-state index is 0.830. The zero-order valence-corrected chi connectivity index (χ0v) is 22.9. The van der Waals surface area contributed by atoms with Crippen molar-refractivity contribution in [2.24, 2.45) is 0 Å². The standard InChI is InChI=1S/C38H32O2/c1-2-3-4-5-6-7-10-24-13-14-27-22-35-33(20-28(27)17-24)31-15-16-32-34-21-29-18-25-11-8-9-12-26(25)19-30(29)23-36(34)40-38(32)37(31)39-35/h8-9,11-23H,2-7,10H2,1H3. The van der Waals surface area contributed by atoms with Crippen LogP contribution >= 0.6 is 0 Å². The van der Waals surface area contributed by atoms with Crippen LogP contribution in [0.5, 0.6) is 0 Å². The number of hydrogen-bond acceptors (Lipinski definition) is 2. The Morgan fingerprint density at radius 3 is 1.68 bits per heavy atom. The Labute approximate surface area is 233 Å². The molecule has 8 aromatic rings. The van der Waals surface area contributed by atoms with Gasteiger partial charge in [0.25, 0.3) is 0 Å². The molecule has 8 rings (SSSR count). The summed E-state index contributed by atoms with van der Waals surface area (Å²) in [5.74, 6) is 0. The number of benzene rings is 6. The Kier molecular flexibility index (Phi) is 5.55. The Hall–Kier alpha value is -4.30. The van der Waals surface area contributed by atoms with Crippen molar-refractivity contribution in [1.82, 2.24) is 0 Å². The molecular formula is C38H32O2. The molecule has 0 aliphatic rings. The molecule has 0 spiro atoms. The maximum atomic E-state index is 6.52. The predicted octanol–water partition coefficient (Wildman–Crippen LogP) is 11.8. The molecule has 0 N–H and O–H groups in total. The SMILES string of the molecule is CCCCCCCCc1ccc2cc3oc4c(ccc5c6cc7cc8ccccc8cc7cc6oc54)c3cc2c1. The molecule has 2 nitrogen and oxygen atoms in total. The average Bonchev–Trinajstić information content (AvgIpc) is 3.52. The minimum absolute atomic E-state index is 0.830. The van der Waals surface area contributed by atoms with E-state index in [-0.39, 0.29) is 0 Å². The highest BCUT2D eigenvalue weighted by Crippen LogP contribution is 2.41. The van der Waals surface area contributed by atoms with Crippen molar-refractivity contribution in [3.63, 3.8) is 0 Å². The van der Waals surface area contributed by atoms with E-state index in [9.17, 15) is 0 Å². The first-order valence-corrected chi connectivity index (χ1v) is 14.8. The van der Waals surface area contributed by atoms with Crippen LogP contribution in [0.15, 0.2) is 99.8 Å². The van der Waals surface area contributed by atoms with Crippen molar-refractivity contribution in [2.75, 3.05) is 0 Å². The van der Waals surface area contributed by atoms with Crippen LogP contribution in [0.2, 0.25) is 0 Å². The fraction of sp³-hybridized carbons (Fsp3) is 0.211. The van der Waals surface area contributed by atoms with E-state index in [0.29, 0.717) is 0 Å². The summed E-state index contributed by atoms with van der Waals surface area (Å²) in [6.45, 7) is 2.28. The second-order valence-corrected chi connectivity index (χ2v) is 11.5. The first-order valence-electron chi connectivity index (χ1n) is 14.8. The number of aryl methyl sites for hydroxylation is 1. The second-order valence-electron chi connectivity index (χ2n) is 11.5. The monoisotopic (exact) mass is 520 g/mol. The number of unbranched alkanes of at least 4 members (excludes halogenated alkanes) is 5. The van der Waals surface area contributed by atoms with Gasteiger partial charge in [-0.1, -0.05) is 81.5 Å². The molecule has 196 valence electrons. The lowest BCUT2D eigenvalue weighted by atomic mass is 9.99. The lowest BCUT2D eigenvalue weighted by molar-refractivity contribution is 0.607. The Balaban J connectivity index is 1.22. The Bertz CT molecular complexity index is 2210. The van der Waals surface area contributed by atoms with Crippen LogP contribution in [-0.2, 0) is 6.42 Å². The highest BCUT2D eigenvalue weighted by Gasteiger charge is 2.17. The van der Waals surface area contributed by atoms with E-state index in [4.69, 9.17) is 8.83 Å². The molecule has 2 aromatic heterocycles. The third-order valence-corrected chi connectivity index (χ3v) is 8.74. The lowest BCUT2D eigenvalue weighted by Crippen LogP contribution is -1.87. The van der Waals surface area contributed by atoms with Gasteiger partial charge in [0, 0.05) is 21.5 Å². The van der Waals surface area contributed by atoms with Crippen LogP contribution in [-0.4, -0.2) is 0 Å². The number of furan rings is 2. The summed E-state index contributed by atoms with van der Waals surface area (Å²) in [5, 5.41) is 11.9. The van der Waals surface area contributed by atoms with Crippen LogP contribution in [0.1, 0.15) is 51.0 Å². The number of hydrogen-bond donors (Lipinski definition) is 0. The largest absolute Gasteiger partial charge is 0.452 e. The zero-order valence-electron chi connectivity index (χ0n) is 22.9. The van der Waals surface area contributed by atoms with E-state index in [1.54, 1.807) is 0 Å². The predicted molar refractivity (Wildman–Crippen MR) is 171 cm³/mol. The maximum Gasteiger partial charge on any atom is 0.178 e. The minimum Gasteiger partial charge on any atom is -0.452 e. The summed E-state index contributed by atoms with van der Waals surface area (Å²) in [6, 6.07) is 33.3. The molecule has 0 aliphatic heterocycles. The molecule has 0 bridgehead atoms. The summed E-state index contributed by atoms with van der Waals surface area (Å²) in [5.41, 5.74) is 4.90. The van der Waals surface area contributed by atoms with Gasteiger partial charge >= 0.3 is 0 Å². The van der Waals surface area contributed by atoms with E-state index in [2.05, 4.69) is 97.9 Å². The van der Waals surface area contributed by atoms with Gasteiger partial charge in [-0.15, -0.1) is 0 Å². The van der Waals surface area contributed by atoms with Crippen molar-refractivity contribution in [3.8, 4) is 0 Å². The molecule has 0 fully saturated rings. The van der Waals surface area contributed by atoms with E-state index in [1.807, 2.05) is 0 Å². The lowest BCUT2D eigenvalue weighted by Gasteiger charge is -2.05. The van der Waals surface area contributed by atoms with E-state index in [1.165, 1.54) is 76.4 Å². The first-order chi connectivity index (χ1) is 19.7. The first kappa shape index (κ1) is 23.6. The molecule has 0 saturated carbocycles. The summed E-state index contributed by atoms with van der Waals surface area (Å²) in [7, 11) is 0. The van der Waals surface area contributed by atoms with Gasteiger partial charge in [-0.2, -0.15) is 0 Å². The number of rotatable bonds is 7. The Morgan fingerprint density at radius 2 is 1.00 bits per heavy atom. The Morgan fingerprint density at radius 1 is 0.450 bits per heavy atom. The fourth-order valence-corrected chi connectivity index (χ4v) is 6.56. The van der Waals surface area contributed by atoms with Crippen molar-refractivity contribution < 1.29 is 8.83 Å². The third kappa shape index (κ3) is 3.85. The van der Waals surface area contributed by atoms with E-state index < -0.39 is 0 Å². The van der Waals surface area contributed by atoms with Crippen LogP contribution in [0.3, 0.4) is 0 Å². The van der Waals surface area contributed by atoms with Gasteiger partial charge in [0.05, 0.1) is 0 Å². The summed E-state index contributed by atoms with van der Waals surface area (Å²) in [6.07, 6.45) is 9.12. The molecule has 0 amide bonds. The average molecular weight is 521 g/mol. The van der Waals surface area contributed by atoms with Crippen molar-refractivity contribution >= 4 is 76.2 Å². The van der Waals surface area contributed by atoms with Gasteiger partial charge < -0.3 is 8.83 Å². The van der Waals surface area contributed by atoms with Gasteiger partial charge in [0.1, 0.15) is 11.2 Å². The van der Waals surface area contributed by atoms with Crippen molar-refractivity contribution in [1.29, 1.82) is 0 Å². The normalized spacial score (nSPS) is 12.3. The molecule has 2 heterocycles. The quantitative estimate of drug-likeness (QED) is 0.154. The van der Waals surface area contributed by atoms with Gasteiger partial charge in [-0.05, 0) is 99.3 Å². The highest BCUT2D eigenvalue weighted by molar-refractivity contribution is 6.21. The summed E-state index contributed by atoms with van der Waals surface area (Å²) >= 11 is 0. The fourth-order valence-electron chi connectivity index (χ4n) is 6.56. The highest BCUT2D eigenvalue weighted by atomic mass is 16.4. The van der Waals surface area contributed by atoms with Crippen LogP contribution in [0.25, 0.3) is 76.2 Å². The molecule has 6 aromatic carbocycles. The smallest absolute Gasteiger partial charge is 0.178 e. The molecule has 40 heavy (non-hydrogen) atoms. The third-order valence-electron chi connectivity index (χ3n) is 8.74. The maximum absolute atomic E-state index is 6.52. The second kappa shape index (κ2) is 9.41. The topological polar surface area (TPSA) is 26.3 Å². The molecule has 0 saturated heterocycles. The van der Waals surface area contributed by atoms with Gasteiger partial charge in [-0.25, -0.2) is 0 Å². The van der Waals surface area contributed by atoms with E-state index >= 15 is 0 Å². The summed E-state index contributed by atoms with van der Waals surface area (Å²) < 4.78 is 13.0. The molecule has 2 heteroatoms.